The third-order valence-electron chi connectivity index (χ3n) is 7.94. The topological polar surface area (TPSA) is 148 Å². The number of amides is 3. The highest BCUT2D eigenvalue weighted by atomic mass is 16.3. The number of nitrogens with one attached hydrogen (secondary N) is 3. The van der Waals surface area contributed by atoms with Gasteiger partial charge in [-0.15, -0.1) is 0 Å². The Morgan fingerprint density at radius 3 is 0.889 bits per heavy atom. The molecular formula is C27H51N3O6. The Kier molecular flexibility index (Phi) is 11.4. The minimum atomic E-state index is -1.07. The first-order chi connectivity index (χ1) is 16.5. The highest BCUT2D eigenvalue weighted by Crippen LogP contribution is 2.55. The predicted octanol–water partition coefficient (Wildman–Crippen LogP) is 1.59. The van der Waals surface area contributed by atoms with Crippen LogP contribution in [0.3, 0.4) is 0 Å². The monoisotopic (exact) mass is 513 g/mol. The van der Waals surface area contributed by atoms with Gasteiger partial charge in [-0.25, -0.2) is 0 Å². The first kappa shape index (κ1) is 32.3. The Labute approximate surface area is 217 Å². The molecule has 0 radical (unpaired) electrons. The van der Waals surface area contributed by atoms with Gasteiger partial charge in [-0.1, -0.05) is 62.3 Å². The summed E-state index contributed by atoms with van der Waals surface area (Å²) in [6.07, 6.45) is 0.627. The number of aliphatic hydroxyl groups excluding tert-OH is 3. The van der Waals surface area contributed by atoms with Crippen LogP contribution in [0.1, 0.15) is 81.6 Å². The molecule has 0 aromatic heterocycles. The summed E-state index contributed by atoms with van der Waals surface area (Å²) in [6, 6.07) is -1.34. The zero-order valence-electron chi connectivity index (χ0n) is 23.8. The zero-order valence-corrected chi connectivity index (χ0v) is 23.8. The highest BCUT2D eigenvalue weighted by Gasteiger charge is 2.58. The average molecular weight is 514 g/mol. The van der Waals surface area contributed by atoms with Crippen LogP contribution in [0.15, 0.2) is 0 Å². The molecule has 1 saturated carbocycles. The van der Waals surface area contributed by atoms with E-state index in [0.29, 0.717) is 0 Å². The van der Waals surface area contributed by atoms with Crippen molar-refractivity contribution in [2.24, 2.45) is 34.0 Å². The third kappa shape index (κ3) is 7.65. The van der Waals surface area contributed by atoms with Gasteiger partial charge in [0.25, 0.3) is 0 Å². The van der Waals surface area contributed by atoms with Crippen LogP contribution >= 0.6 is 0 Å². The van der Waals surface area contributed by atoms with Crippen LogP contribution in [0.4, 0.5) is 0 Å². The van der Waals surface area contributed by atoms with Crippen molar-refractivity contribution < 1.29 is 29.7 Å². The number of rotatable bonds is 12. The molecule has 3 amide bonds. The minimum absolute atomic E-state index is 0.00298. The van der Waals surface area contributed by atoms with Gasteiger partial charge in [-0.2, -0.15) is 0 Å². The molecule has 1 rings (SSSR count). The fraction of sp³-hybridized carbons (Fsp3) is 0.889. The van der Waals surface area contributed by atoms with Gasteiger partial charge in [0.1, 0.15) is 0 Å². The fourth-order valence-corrected chi connectivity index (χ4v) is 5.55. The highest BCUT2D eigenvalue weighted by molar-refractivity contribution is 5.91. The molecule has 0 aromatic rings. The maximum atomic E-state index is 13.6. The van der Waals surface area contributed by atoms with Crippen LogP contribution in [-0.2, 0) is 14.4 Å². The molecule has 1 aliphatic rings. The van der Waals surface area contributed by atoms with Gasteiger partial charge >= 0.3 is 0 Å². The summed E-state index contributed by atoms with van der Waals surface area (Å²) in [7, 11) is 0. The summed E-state index contributed by atoms with van der Waals surface area (Å²) in [5.41, 5.74) is -3.21. The van der Waals surface area contributed by atoms with Crippen molar-refractivity contribution in [3.63, 3.8) is 0 Å². The average Bonchev–Trinajstić information content (AvgIpc) is 2.77. The molecule has 1 aliphatic carbocycles. The molecule has 0 heterocycles. The summed E-state index contributed by atoms with van der Waals surface area (Å²) < 4.78 is 0. The molecule has 0 saturated heterocycles. The molecule has 210 valence electrons. The SMILES string of the molecule is CC(C)[C@@H](CO)NC(=O)C1(C)CC(C)(C(=O)N[C@H](CO)C(C)C)CC(C)(C(=O)N[C@H](CO)C(C)C)C1. The van der Waals surface area contributed by atoms with Crippen molar-refractivity contribution in [3.8, 4) is 0 Å². The summed E-state index contributed by atoms with van der Waals surface area (Å²) in [5.74, 6) is -0.913. The molecule has 3 atom stereocenters. The van der Waals surface area contributed by atoms with E-state index in [1.54, 1.807) is 20.8 Å². The predicted molar refractivity (Wildman–Crippen MR) is 140 cm³/mol. The molecule has 0 bridgehead atoms. The van der Waals surface area contributed by atoms with Gasteiger partial charge in [-0.05, 0) is 37.0 Å². The standard InChI is InChI=1S/C27H51N3O6/c1-16(2)19(10-31)28-22(34)25(7)13-26(8,23(35)29-20(11-32)17(3)4)15-27(9,14-25)24(36)30-21(12-33)18(5)6/h16-21,31-33H,10-15H2,1-9H3,(H,28,34)(H,29,35)(H,30,36)/t19-,20-,21-,25?,26?,27?/m1/s1. The van der Waals surface area contributed by atoms with Crippen LogP contribution in [-0.4, -0.2) is 71.0 Å². The maximum Gasteiger partial charge on any atom is 0.226 e. The lowest BCUT2D eigenvalue weighted by Crippen LogP contribution is -2.61. The van der Waals surface area contributed by atoms with Crippen molar-refractivity contribution >= 4 is 17.7 Å². The zero-order chi connectivity index (χ0) is 28.1. The van der Waals surface area contributed by atoms with E-state index in [4.69, 9.17) is 0 Å². The van der Waals surface area contributed by atoms with Crippen molar-refractivity contribution in [2.45, 2.75) is 99.7 Å². The van der Waals surface area contributed by atoms with Crippen molar-refractivity contribution in [3.05, 3.63) is 0 Å². The first-order valence-corrected chi connectivity index (χ1v) is 13.2. The van der Waals surface area contributed by atoms with Crippen LogP contribution < -0.4 is 16.0 Å². The molecule has 0 unspecified atom stereocenters. The number of hydrogen-bond acceptors (Lipinski definition) is 6. The van der Waals surface area contributed by atoms with Crippen molar-refractivity contribution in [2.75, 3.05) is 19.8 Å². The van der Waals surface area contributed by atoms with Gasteiger partial charge in [0.2, 0.25) is 17.7 Å². The number of hydrogen-bond donors (Lipinski definition) is 6. The van der Waals surface area contributed by atoms with Crippen molar-refractivity contribution in [1.29, 1.82) is 0 Å². The Bertz CT molecular complexity index is 661. The molecule has 36 heavy (non-hydrogen) atoms. The molecule has 0 aliphatic heterocycles. The van der Waals surface area contributed by atoms with E-state index in [1.807, 2.05) is 41.5 Å². The van der Waals surface area contributed by atoms with Gasteiger partial charge in [0, 0.05) is 16.2 Å². The lowest BCUT2D eigenvalue weighted by atomic mass is 9.53. The minimum Gasteiger partial charge on any atom is -0.394 e. The number of carbonyl (C=O) groups excluding carboxylic acids is 3. The quantitative estimate of drug-likeness (QED) is 0.233. The maximum absolute atomic E-state index is 13.6. The summed E-state index contributed by atoms with van der Waals surface area (Å²) in [4.78, 5) is 40.9. The van der Waals surface area contributed by atoms with Gasteiger partial charge in [0.15, 0.2) is 0 Å². The Morgan fingerprint density at radius 1 is 0.556 bits per heavy atom. The van der Waals surface area contributed by atoms with Crippen LogP contribution in [0.2, 0.25) is 0 Å². The van der Waals surface area contributed by atoms with Gasteiger partial charge < -0.3 is 31.3 Å². The summed E-state index contributed by atoms with van der Waals surface area (Å²) in [5, 5.41) is 38.1. The second-order valence-corrected chi connectivity index (χ2v) is 12.7. The van der Waals surface area contributed by atoms with E-state index >= 15 is 0 Å². The lowest BCUT2D eigenvalue weighted by Gasteiger charge is -2.51. The van der Waals surface area contributed by atoms with E-state index in [2.05, 4.69) is 16.0 Å². The second kappa shape index (κ2) is 12.7. The number of carbonyl (C=O) groups is 3. The van der Waals surface area contributed by atoms with Crippen LogP contribution in [0, 0.1) is 34.0 Å². The van der Waals surface area contributed by atoms with Crippen molar-refractivity contribution in [1.82, 2.24) is 16.0 Å². The molecule has 6 N–H and O–H groups in total. The van der Waals surface area contributed by atoms with Crippen LogP contribution in [0.25, 0.3) is 0 Å². The molecular weight excluding hydrogens is 462 g/mol. The first-order valence-electron chi connectivity index (χ1n) is 13.2. The normalized spacial score (nSPS) is 29.1. The Balaban J connectivity index is 3.45. The molecule has 0 aromatic carbocycles. The van der Waals surface area contributed by atoms with E-state index in [0.717, 1.165) is 0 Å². The van der Waals surface area contributed by atoms with E-state index < -0.39 is 34.4 Å². The van der Waals surface area contributed by atoms with Gasteiger partial charge in [-0.3, -0.25) is 14.4 Å². The van der Waals surface area contributed by atoms with E-state index in [1.165, 1.54) is 0 Å². The Morgan fingerprint density at radius 2 is 0.750 bits per heavy atom. The lowest BCUT2D eigenvalue weighted by molar-refractivity contribution is -0.155. The molecule has 9 nitrogen and oxygen atoms in total. The summed E-state index contributed by atoms with van der Waals surface area (Å²) in [6.45, 7) is 16.1. The van der Waals surface area contributed by atoms with Gasteiger partial charge in [0.05, 0.1) is 37.9 Å². The van der Waals surface area contributed by atoms with E-state index in [9.17, 15) is 29.7 Å². The largest absolute Gasteiger partial charge is 0.394 e. The number of aliphatic hydroxyl groups is 3. The third-order valence-corrected chi connectivity index (χ3v) is 7.94. The smallest absolute Gasteiger partial charge is 0.226 e. The van der Waals surface area contributed by atoms with E-state index in [-0.39, 0.29) is 74.6 Å². The molecule has 9 heteroatoms. The second-order valence-electron chi connectivity index (χ2n) is 12.7. The Hall–Kier alpha value is -1.71. The summed E-state index contributed by atoms with van der Waals surface area (Å²) >= 11 is 0. The fourth-order valence-electron chi connectivity index (χ4n) is 5.55. The van der Waals surface area contributed by atoms with Crippen LogP contribution in [0.5, 0.6) is 0 Å². The molecule has 0 spiro atoms. The molecule has 1 fully saturated rings.